The molecular formula is C11H14ClN3O2S. The second kappa shape index (κ2) is 5.58. The summed E-state index contributed by atoms with van der Waals surface area (Å²) in [6.07, 6.45) is 2.95. The Morgan fingerprint density at radius 3 is 2.94 bits per heavy atom. The lowest BCUT2D eigenvalue weighted by atomic mass is 10.2. The van der Waals surface area contributed by atoms with Crippen LogP contribution in [0.15, 0.2) is 24.4 Å². The molecular weight excluding hydrogens is 274 g/mol. The number of anilines is 1. The van der Waals surface area contributed by atoms with E-state index in [1.54, 1.807) is 18.3 Å². The van der Waals surface area contributed by atoms with Crippen LogP contribution in [0.4, 0.5) is 5.69 Å². The van der Waals surface area contributed by atoms with Gasteiger partial charge in [0.15, 0.2) is 0 Å². The SMILES string of the molecule is O=S(=O)(CCCCCl)Nc1ccc2cn[nH]c2c1. The first-order valence-electron chi connectivity index (χ1n) is 5.60. The normalized spacial score (nSPS) is 11.8. The molecule has 7 heteroatoms. The van der Waals surface area contributed by atoms with Crippen LogP contribution in [-0.2, 0) is 10.0 Å². The number of hydrogen-bond donors (Lipinski definition) is 2. The van der Waals surface area contributed by atoms with Crippen molar-refractivity contribution < 1.29 is 8.42 Å². The van der Waals surface area contributed by atoms with Crippen LogP contribution in [0.2, 0.25) is 0 Å². The summed E-state index contributed by atoms with van der Waals surface area (Å²) in [6, 6.07) is 5.26. The molecule has 0 amide bonds. The predicted molar refractivity (Wildman–Crippen MR) is 73.5 cm³/mol. The van der Waals surface area contributed by atoms with Crippen LogP contribution in [0.3, 0.4) is 0 Å². The summed E-state index contributed by atoms with van der Waals surface area (Å²) in [5.41, 5.74) is 1.34. The number of nitrogens with zero attached hydrogens (tertiary/aromatic N) is 1. The fourth-order valence-corrected chi connectivity index (χ4v) is 2.98. The lowest BCUT2D eigenvalue weighted by Crippen LogP contribution is -2.16. The van der Waals surface area contributed by atoms with Gasteiger partial charge in [0.25, 0.3) is 0 Å². The molecule has 1 aromatic heterocycles. The van der Waals surface area contributed by atoms with E-state index in [1.165, 1.54) is 0 Å². The van der Waals surface area contributed by atoms with E-state index >= 15 is 0 Å². The Bertz CT molecular complexity index is 624. The molecule has 2 aromatic rings. The number of halogens is 1. The molecule has 0 fully saturated rings. The van der Waals surface area contributed by atoms with Crippen molar-refractivity contribution in [1.29, 1.82) is 0 Å². The lowest BCUT2D eigenvalue weighted by molar-refractivity contribution is 0.598. The third-order valence-electron chi connectivity index (χ3n) is 2.51. The molecule has 2 N–H and O–H groups in total. The first-order valence-corrected chi connectivity index (χ1v) is 7.79. The van der Waals surface area contributed by atoms with E-state index in [9.17, 15) is 8.42 Å². The predicted octanol–water partition coefficient (Wildman–Crippen LogP) is 2.32. The number of unbranched alkanes of at least 4 members (excludes halogenated alkanes) is 1. The summed E-state index contributed by atoms with van der Waals surface area (Å²) >= 11 is 5.52. The number of rotatable bonds is 6. The van der Waals surface area contributed by atoms with Gasteiger partial charge in [0.2, 0.25) is 10.0 Å². The molecule has 0 bridgehead atoms. The van der Waals surface area contributed by atoms with Gasteiger partial charge < -0.3 is 0 Å². The maximum atomic E-state index is 11.8. The highest BCUT2D eigenvalue weighted by Gasteiger charge is 2.10. The zero-order chi connectivity index (χ0) is 13.0. The van der Waals surface area contributed by atoms with Gasteiger partial charge in [0.05, 0.1) is 23.2 Å². The molecule has 0 aliphatic heterocycles. The molecule has 0 radical (unpaired) electrons. The number of nitrogens with one attached hydrogen (secondary N) is 2. The third-order valence-corrected chi connectivity index (χ3v) is 4.15. The molecule has 1 aromatic carbocycles. The average molecular weight is 288 g/mol. The van der Waals surface area contributed by atoms with Gasteiger partial charge >= 0.3 is 0 Å². The largest absolute Gasteiger partial charge is 0.283 e. The van der Waals surface area contributed by atoms with E-state index in [1.807, 2.05) is 6.07 Å². The Labute approximate surface area is 111 Å². The standard InChI is InChI=1S/C11H14ClN3O2S/c12-5-1-2-6-18(16,17)15-10-4-3-9-8-13-14-11(9)7-10/h3-4,7-8,15H,1-2,5-6H2,(H,13,14). The molecule has 0 saturated heterocycles. The Hall–Kier alpha value is -1.27. The Balaban J connectivity index is 2.07. The summed E-state index contributed by atoms with van der Waals surface area (Å²) in [5.74, 6) is 0.566. The van der Waals surface area contributed by atoms with Gasteiger partial charge in [-0.05, 0) is 31.0 Å². The Morgan fingerprint density at radius 2 is 2.17 bits per heavy atom. The number of benzene rings is 1. The average Bonchev–Trinajstić information content (AvgIpc) is 2.75. The maximum Gasteiger partial charge on any atom is 0.232 e. The van der Waals surface area contributed by atoms with Crippen molar-refractivity contribution >= 4 is 38.2 Å². The number of H-pyrrole nitrogens is 1. The molecule has 1 heterocycles. The number of fused-ring (bicyclic) bond motifs is 1. The van der Waals surface area contributed by atoms with Crippen molar-refractivity contribution in [3.8, 4) is 0 Å². The van der Waals surface area contributed by atoms with Gasteiger partial charge in [0, 0.05) is 11.3 Å². The van der Waals surface area contributed by atoms with Crippen LogP contribution < -0.4 is 4.72 Å². The van der Waals surface area contributed by atoms with Gasteiger partial charge in [-0.25, -0.2) is 8.42 Å². The highest BCUT2D eigenvalue weighted by molar-refractivity contribution is 7.92. The minimum Gasteiger partial charge on any atom is -0.283 e. The molecule has 0 atom stereocenters. The van der Waals surface area contributed by atoms with Crippen molar-refractivity contribution in [1.82, 2.24) is 10.2 Å². The van der Waals surface area contributed by atoms with E-state index in [-0.39, 0.29) is 5.75 Å². The van der Waals surface area contributed by atoms with Crippen molar-refractivity contribution in [2.24, 2.45) is 0 Å². The summed E-state index contributed by atoms with van der Waals surface area (Å²) in [7, 11) is -3.30. The van der Waals surface area contributed by atoms with Gasteiger partial charge in [-0.1, -0.05) is 0 Å². The lowest BCUT2D eigenvalue weighted by Gasteiger charge is -2.07. The summed E-state index contributed by atoms with van der Waals surface area (Å²) < 4.78 is 26.1. The number of hydrogen-bond acceptors (Lipinski definition) is 3. The molecule has 18 heavy (non-hydrogen) atoms. The highest BCUT2D eigenvalue weighted by Crippen LogP contribution is 2.17. The van der Waals surface area contributed by atoms with E-state index in [0.29, 0.717) is 24.4 Å². The maximum absolute atomic E-state index is 11.8. The monoisotopic (exact) mass is 287 g/mol. The van der Waals surface area contributed by atoms with Gasteiger partial charge in [0.1, 0.15) is 0 Å². The van der Waals surface area contributed by atoms with E-state index < -0.39 is 10.0 Å². The number of alkyl halides is 1. The zero-order valence-electron chi connectivity index (χ0n) is 9.69. The van der Waals surface area contributed by atoms with Crippen molar-refractivity contribution in [3.63, 3.8) is 0 Å². The summed E-state index contributed by atoms with van der Waals surface area (Å²) in [4.78, 5) is 0. The molecule has 0 aliphatic rings. The first kappa shape index (κ1) is 13.2. The second-order valence-electron chi connectivity index (χ2n) is 3.99. The fourth-order valence-electron chi connectivity index (χ4n) is 1.62. The summed E-state index contributed by atoms with van der Waals surface area (Å²) in [6.45, 7) is 0. The molecule has 0 unspecified atom stereocenters. The Kier molecular flexibility index (Phi) is 4.08. The molecule has 5 nitrogen and oxygen atoms in total. The van der Waals surface area contributed by atoms with Crippen molar-refractivity contribution in [2.45, 2.75) is 12.8 Å². The quantitative estimate of drug-likeness (QED) is 0.632. The molecule has 0 spiro atoms. The van der Waals surface area contributed by atoms with E-state index in [0.717, 1.165) is 10.9 Å². The molecule has 98 valence electrons. The topological polar surface area (TPSA) is 74.8 Å². The van der Waals surface area contributed by atoms with Crippen LogP contribution in [0.1, 0.15) is 12.8 Å². The van der Waals surface area contributed by atoms with Crippen LogP contribution in [0, 0.1) is 0 Å². The third kappa shape index (κ3) is 3.36. The fraction of sp³-hybridized carbons (Fsp3) is 0.364. The van der Waals surface area contributed by atoms with Crippen molar-refractivity contribution in [3.05, 3.63) is 24.4 Å². The molecule has 0 aliphatic carbocycles. The minimum absolute atomic E-state index is 0.0841. The zero-order valence-corrected chi connectivity index (χ0v) is 11.3. The smallest absolute Gasteiger partial charge is 0.232 e. The highest BCUT2D eigenvalue weighted by atomic mass is 35.5. The second-order valence-corrected chi connectivity index (χ2v) is 6.21. The van der Waals surface area contributed by atoms with Crippen LogP contribution in [-0.4, -0.2) is 30.2 Å². The first-order chi connectivity index (χ1) is 8.61. The van der Waals surface area contributed by atoms with Crippen LogP contribution in [0.5, 0.6) is 0 Å². The van der Waals surface area contributed by atoms with Crippen molar-refractivity contribution in [2.75, 3.05) is 16.4 Å². The summed E-state index contributed by atoms with van der Waals surface area (Å²) in [5, 5.41) is 7.62. The minimum atomic E-state index is -3.30. The molecule has 0 saturated carbocycles. The van der Waals surface area contributed by atoms with Gasteiger partial charge in [-0.15, -0.1) is 11.6 Å². The number of aromatic nitrogens is 2. The van der Waals surface area contributed by atoms with Crippen LogP contribution in [0.25, 0.3) is 10.9 Å². The van der Waals surface area contributed by atoms with Crippen LogP contribution >= 0.6 is 11.6 Å². The van der Waals surface area contributed by atoms with E-state index in [4.69, 9.17) is 11.6 Å². The molecule has 2 rings (SSSR count). The number of sulfonamides is 1. The Morgan fingerprint density at radius 1 is 1.33 bits per heavy atom. The number of aromatic amines is 1. The van der Waals surface area contributed by atoms with E-state index in [2.05, 4.69) is 14.9 Å². The van der Waals surface area contributed by atoms with Gasteiger partial charge in [-0.3, -0.25) is 9.82 Å². The van der Waals surface area contributed by atoms with Gasteiger partial charge in [-0.2, -0.15) is 5.10 Å².